The Morgan fingerprint density at radius 2 is 1.73 bits per heavy atom. The summed E-state index contributed by atoms with van der Waals surface area (Å²) in [6.07, 6.45) is 5.02. The number of ether oxygens (including phenoxy) is 1. The summed E-state index contributed by atoms with van der Waals surface area (Å²) in [5.74, 6) is 1.29. The van der Waals surface area contributed by atoms with Crippen molar-refractivity contribution in [1.82, 2.24) is 19.8 Å². The molecule has 0 unspecified atom stereocenters. The highest BCUT2D eigenvalue weighted by atomic mass is 35.5. The first-order valence-electron chi connectivity index (χ1n) is 11.5. The van der Waals surface area contributed by atoms with Gasteiger partial charge in [-0.15, -0.1) is 0 Å². The van der Waals surface area contributed by atoms with Crippen molar-refractivity contribution in [2.24, 2.45) is 0 Å². The van der Waals surface area contributed by atoms with E-state index in [0.717, 1.165) is 42.8 Å². The Kier molecular flexibility index (Phi) is 7.83. The molecule has 3 aromatic rings. The maximum Gasteiger partial charge on any atom is 0.257 e. The van der Waals surface area contributed by atoms with Crippen LogP contribution in [-0.4, -0.2) is 52.5 Å². The summed E-state index contributed by atoms with van der Waals surface area (Å²) in [5, 5.41) is 3.49. The van der Waals surface area contributed by atoms with Gasteiger partial charge in [-0.1, -0.05) is 36.6 Å². The zero-order valence-electron chi connectivity index (χ0n) is 18.6. The van der Waals surface area contributed by atoms with E-state index in [1.165, 1.54) is 12.8 Å². The molecule has 174 valence electrons. The van der Waals surface area contributed by atoms with E-state index in [1.54, 1.807) is 24.3 Å². The maximum atomic E-state index is 13.0. The van der Waals surface area contributed by atoms with Gasteiger partial charge in [0.25, 0.3) is 5.91 Å². The topological polar surface area (TPSA) is 76.5 Å². The van der Waals surface area contributed by atoms with Gasteiger partial charge in [-0.25, -0.2) is 4.98 Å². The predicted octanol–water partition coefficient (Wildman–Crippen LogP) is 3.83. The average molecular weight is 469 g/mol. The highest BCUT2D eigenvalue weighted by Crippen LogP contribution is 2.18. The summed E-state index contributed by atoms with van der Waals surface area (Å²) in [4.78, 5) is 31.9. The summed E-state index contributed by atoms with van der Waals surface area (Å²) in [5.41, 5.74) is 1.79. The number of carbonyl (C=O) groups excluding carboxylic acids is 2. The van der Waals surface area contributed by atoms with Gasteiger partial charge in [-0.3, -0.25) is 9.59 Å². The fourth-order valence-electron chi connectivity index (χ4n) is 4.09. The van der Waals surface area contributed by atoms with Crippen LogP contribution in [0.25, 0.3) is 11.0 Å². The number of hydrogen-bond donors (Lipinski definition) is 1. The lowest BCUT2D eigenvalue weighted by Gasteiger charge is -2.21. The van der Waals surface area contributed by atoms with Crippen molar-refractivity contribution >= 4 is 34.4 Å². The number of nitrogens with one attached hydrogen (secondary N) is 1. The molecule has 4 rings (SSSR count). The van der Waals surface area contributed by atoms with Crippen LogP contribution in [0, 0.1) is 0 Å². The van der Waals surface area contributed by atoms with Crippen LogP contribution in [0.15, 0.2) is 48.5 Å². The second-order valence-electron chi connectivity index (χ2n) is 8.24. The molecule has 2 heterocycles. The Balaban J connectivity index is 1.36. The van der Waals surface area contributed by atoms with Gasteiger partial charge in [0.2, 0.25) is 5.91 Å². The number of fused-ring (bicyclic) bond motifs is 1. The van der Waals surface area contributed by atoms with Crippen LogP contribution in [0.4, 0.5) is 0 Å². The van der Waals surface area contributed by atoms with Crippen molar-refractivity contribution in [2.75, 3.05) is 26.2 Å². The Labute approximate surface area is 198 Å². The second-order valence-corrected chi connectivity index (χ2v) is 8.68. The summed E-state index contributed by atoms with van der Waals surface area (Å²) in [6, 6.07) is 14.7. The maximum absolute atomic E-state index is 13.0. The summed E-state index contributed by atoms with van der Waals surface area (Å²) in [7, 11) is 0. The van der Waals surface area contributed by atoms with Crippen molar-refractivity contribution in [1.29, 1.82) is 0 Å². The normalized spacial score (nSPS) is 14.2. The molecule has 2 amide bonds. The first-order valence-corrected chi connectivity index (χ1v) is 11.8. The van der Waals surface area contributed by atoms with Crippen molar-refractivity contribution in [3.05, 3.63) is 59.4 Å². The number of hydrogen-bond acceptors (Lipinski definition) is 4. The van der Waals surface area contributed by atoms with Gasteiger partial charge in [0.05, 0.1) is 11.0 Å². The highest BCUT2D eigenvalue weighted by molar-refractivity contribution is 6.30. The Hall–Kier alpha value is -3.06. The predicted molar refractivity (Wildman–Crippen MR) is 128 cm³/mol. The van der Waals surface area contributed by atoms with Crippen LogP contribution in [-0.2, 0) is 22.6 Å². The number of likely N-dealkylation sites (tertiary alicyclic amines) is 1. The quantitative estimate of drug-likeness (QED) is 0.545. The molecule has 0 atom stereocenters. The molecule has 1 saturated heterocycles. The number of para-hydroxylation sites is 2. The molecule has 1 N–H and O–H groups in total. The van der Waals surface area contributed by atoms with Crippen LogP contribution in [0.3, 0.4) is 0 Å². The standard InChI is InChI=1S/C25H29ClN4O3/c26-19-9-11-20(12-10-19)33-18-24(31)27-14-13-23-28-21-7-3-4-8-22(21)30(23)17-25(32)29-15-5-1-2-6-16-29/h3-4,7-12H,1-2,5-6,13-18H2,(H,27,31). The smallest absolute Gasteiger partial charge is 0.257 e. The van der Waals surface area contributed by atoms with Crippen molar-refractivity contribution in [3.63, 3.8) is 0 Å². The van der Waals surface area contributed by atoms with E-state index in [1.807, 2.05) is 33.7 Å². The Morgan fingerprint density at radius 1 is 1.00 bits per heavy atom. The molecule has 0 aliphatic carbocycles. The van der Waals surface area contributed by atoms with E-state index in [-0.39, 0.29) is 25.0 Å². The van der Waals surface area contributed by atoms with E-state index in [0.29, 0.717) is 23.7 Å². The zero-order chi connectivity index (χ0) is 23.0. The SMILES string of the molecule is O=C(COc1ccc(Cl)cc1)NCCc1nc2ccccc2n1CC(=O)N1CCCCCC1. The summed E-state index contributed by atoms with van der Waals surface area (Å²) < 4.78 is 7.47. The first-order chi connectivity index (χ1) is 16.1. The van der Waals surface area contributed by atoms with Gasteiger partial charge in [-0.05, 0) is 49.2 Å². The summed E-state index contributed by atoms with van der Waals surface area (Å²) >= 11 is 5.86. The number of amides is 2. The van der Waals surface area contributed by atoms with Crippen LogP contribution >= 0.6 is 11.6 Å². The van der Waals surface area contributed by atoms with Gasteiger partial charge in [0.15, 0.2) is 6.61 Å². The third kappa shape index (κ3) is 6.26. The van der Waals surface area contributed by atoms with Gasteiger partial charge in [0.1, 0.15) is 18.1 Å². The van der Waals surface area contributed by atoms with Crippen LogP contribution in [0.2, 0.25) is 5.02 Å². The molecule has 0 saturated carbocycles. The van der Waals surface area contributed by atoms with E-state index in [9.17, 15) is 9.59 Å². The molecule has 0 spiro atoms. The van der Waals surface area contributed by atoms with E-state index in [4.69, 9.17) is 21.3 Å². The minimum absolute atomic E-state index is 0.0779. The molecule has 1 aromatic heterocycles. The molecular formula is C25H29ClN4O3. The lowest BCUT2D eigenvalue weighted by molar-refractivity contribution is -0.131. The second kappa shape index (κ2) is 11.2. The minimum Gasteiger partial charge on any atom is -0.484 e. The summed E-state index contributed by atoms with van der Waals surface area (Å²) in [6.45, 7) is 2.24. The van der Waals surface area contributed by atoms with E-state index >= 15 is 0 Å². The van der Waals surface area contributed by atoms with Crippen LogP contribution in [0.5, 0.6) is 5.75 Å². The molecule has 1 aliphatic rings. The number of nitrogens with zero attached hydrogens (tertiary/aromatic N) is 3. The lowest BCUT2D eigenvalue weighted by atomic mass is 10.2. The molecular weight excluding hydrogens is 440 g/mol. The van der Waals surface area contributed by atoms with E-state index < -0.39 is 0 Å². The Bertz CT molecular complexity index is 1090. The number of rotatable bonds is 8. The first kappa shape index (κ1) is 23.1. The number of carbonyl (C=O) groups is 2. The van der Waals surface area contributed by atoms with Crippen molar-refractivity contribution in [2.45, 2.75) is 38.6 Å². The molecule has 0 radical (unpaired) electrons. The van der Waals surface area contributed by atoms with Gasteiger partial charge < -0.3 is 19.5 Å². The molecule has 33 heavy (non-hydrogen) atoms. The molecule has 7 nitrogen and oxygen atoms in total. The molecule has 1 fully saturated rings. The highest BCUT2D eigenvalue weighted by Gasteiger charge is 2.19. The van der Waals surface area contributed by atoms with Gasteiger partial charge in [-0.2, -0.15) is 0 Å². The van der Waals surface area contributed by atoms with Crippen LogP contribution in [0.1, 0.15) is 31.5 Å². The van der Waals surface area contributed by atoms with E-state index in [2.05, 4.69) is 5.32 Å². The number of aromatic nitrogens is 2. The van der Waals surface area contributed by atoms with Gasteiger partial charge in [0, 0.05) is 31.1 Å². The minimum atomic E-state index is -0.215. The Morgan fingerprint density at radius 3 is 2.48 bits per heavy atom. The molecule has 1 aliphatic heterocycles. The fourth-order valence-corrected chi connectivity index (χ4v) is 4.22. The largest absolute Gasteiger partial charge is 0.484 e. The van der Waals surface area contributed by atoms with Crippen molar-refractivity contribution < 1.29 is 14.3 Å². The lowest BCUT2D eigenvalue weighted by Crippen LogP contribution is -2.35. The van der Waals surface area contributed by atoms with Gasteiger partial charge >= 0.3 is 0 Å². The molecule has 8 heteroatoms. The third-order valence-corrected chi connectivity index (χ3v) is 6.09. The average Bonchev–Trinajstić information content (AvgIpc) is 2.98. The fraction of sp³-hybridized carbons (Fsp3) is 0.400. The third-order valence-electron chi connectivity index (χ3n) is 5.84. The molecule has 0 bridgehead atoms. The van der Waals surface area contributed by atoms with Crippen molar-refractivity contribution in [3.8, 4) is 5.75 Å². The number of benzene rings is 2. The number of halogens is 1. The zero-order valence-corrected chi connectivity index (χ0v) is 19.4. The molecule has 2 aromatic carbocycles. The monoisotopic (exact) mass is 468 g/mol. The number of imidazole rings is 1. The van der Waals surface area contributed by atoms with Crippen LogP contribution < -0.4 is 10.1 Å².